The zero-order chi connectivity index (χ0) is 33.0. The number of benzene rings is 3. The molecule has 47 heavy (non-hydrogen) atoms. The fourth-order valence-electron chi connectivity index (χ4n) is 6.64. The number of aromatic nitrogens is 3. The molecule has 2 heterocycles. The van der Waals surface area contributed by atoms with Crippen molar-refractivity contribution in [3.05, 3.63) is 118 Å². The minimum Gasteiger partial charge on any atom is -0.493 e. The molecule has 1 unspecified atom stereocenters. The zero-order valence-electron chi connectivity index (χ0n) is 27.3. The van der Waals surface area contributed by atoms with Gasteiger partial charge in [0.25, 0.3) is 0 Å². The van der Waals surface area contributed by atoms with Gasteiger partial charge in [-0.05, 0) is 99.4 Å². The Morgan fingerprint density at radius 1 is 0.936 bits per heavy atom. The molecule has 1 aliphatic carbocycles. The maximum atomic E-state index is 13.8. The van der Waals surface area contributed by atoms with Crippen LogP contribution in [-0.4, -0.2) is 41.6 Å². The average molecular weight is 651 g/mol. The summed E-state index contributed by atoms with van der Waals surface area (Å²) >= 11 is 0. The van der Waals surface area contributed by atoms with E-state index < -0.39 is 16.1 Å². The van der Waals surface area contributed by atoms with E-state index in [0.29, 0.717) is 24.2 Å². The maximum absolute atomic E-state index is 13.8. The van der Waals surface area contributed by atoms with Crippen LogP contribution in [0.25, 0.3) is 10.9 Å². The highest BCUT2D eigenvalue weighted by Gasteiger charge is 2.29. The smallest absolute Gasteiger partial charge is 0.241 e. The van der Waals surface area contributed by atoms with Gasteiger partial charge in [-0.2, -0.15) is 9.82 Å². The molecule has 1 aliphatic rings. The number of Topliss-reactive ketones (excluding diaryl/α,β-unsaturated/α-hetero) is 1. The molecule has 0 saturated heterocycles. The van der Waals surface area contributed by atoms with Crippen molar-refractivity contribution in [3.8, 4) is 5.75 Å². The third-order valence-corrected chi connectivity index (χ3v) is 10.7. The van der Waals surface area contributed by atoms with E-state index in [1.165, 1.54) is 24.1 Å². The van der Waals surface area contributed by atoms with E-state index in [-0.39, 0.29) is 23.6 Å². The lowest BCUT2D eigenvalue weighted by Gasteiger charge is -2.20. The van der Waals surface area contributed by atoms with Crippen molar-refractivity contribution < 1.29 is 17.9 Å². The van der Waals surface area contributed by atoms with Gasteiger partial charge in [-0.3, -0.25) is 14.5 Å². The normalized spacial score (nSPS) is 13.8. The first-order valence-corrected chi connectivity index (χ1v) is 17.9. The summed E-state index contributed by atoms with van der Waals surface area (Å²) in [6.45, 7) is 6.06. The Bertz CT molecular complexity index is 1980. The molecule has 0 radical (unpaired) electrons. The molecular weight excluding hydrogens is 609 g/mol. The van der Waals surface area contributed by atoms with E-state index in [9.17, 15) is 13.2 Å². The Morgan fingerprint density at radius 3 is 2.49 bits per heavy atom. The van der Waals surface area contributed by atoms with Crippen LogP contribution in [0, 0.1) is 20.8 Å². The minimum atomic E-state index is -4.00. The third kappa shape index (κ3) is 7.80. The van der Waals surface area contributed by atoms with Crippen LogP contribution < -0.4 is 9.46 Å². The number of ether oxygens (including phenoxy) is 1. The van der Waals surface area contributed by atoms with E-state index in [2.05, 4.69) is 22.0 Å². The van der Waals surface area contributed by atoms with Gasteiger partial charge in [-0.25, -0.2) is 8.42 Å². The molecule has 0 aliphatic heterocycles. The number of fused-ring (bicyclic) bond motifs is 2. The number of rotatable bonds is 13. The Kier molecular flexibility index (Phi) is 9.84. The summed E-state index contributed by atoms with van der Waals surface area (Å²) in [7, 11) is -4.00. The maximum Gasteiger partial charge on any atom is 0.241 e. The van der Waals surface area contributed by atoms with E-state index >= 15 is 0 Å². The van der Waals surface area contributed by atoms with E-state index in [4.69, 9.17) is 9.72 Å². The minimum absolute atomic E-state index is 0.0600. The van der Waals surface area contributed by atoms with Gasteiger partial charge in [0.2, 0.25) is 10.0 Å². The summed E-state index contributed by atoms with van der Waals surface area (Å²) in [5.74, 6) is 0.524. The Labute approximate surface area is 277 Å². The van der Waals surface area contributed by atoms with Gasteiger partial charge in [-0.15, -0.1) is 0 Å². The molecule has 5 aromatic rings. The second kappa shape index (κ2) is 14.2. The molecule has 1 N–H and O–H groups in total. The SMILES string of the molecule is Cc1cc(C)c(S(=O)(=O)NC(Cn2ncc3cc(OCCc4ccc5c(n4)CCCC5)ccc32)C(=O)CCc2ccccc2)c(C)c1. The predicted molar refractivity (Wildman–Crippen MR) is 184 cm³/mol. The van der Waals surface area contributed by atoms with Gasteiger partial charge in [0, 0.05) is 29.6 Å². The first kappa shape index (κ1) is 32.6. The number of ketones is 1. The second-order valence-corrected chi connectivity index (χ2v) is 14.3. The standard InChI is InChI=1S/C38H42N4O4S/c1-26-21-27(2)38(28(3)22-26)47(44,45)41-35(37(43)18-13-29-9-5-4-6-10-29)25-42-36-17-16-33(23-31(36)24-39-42)46-20-19-32-15-14-30-11-7-8-12-34(30)40-32/h4-6,9-10,14-17,21-24,35,41H,7-8,11-13,18-20,25H2,1-3H3. The highest BCUT2D eigenvalue weighted by atomic mass is 32.2. The molecule has 244 valence electrons. The molecule has 2 aromatic heterocycles. The molecule has 1 atom stereocenters. The molecular formula is C38H42N4O4S. The molecule has 8 nitrogen and oxygen atoms in total. The summed E-state index contributed by atoms with van der Waals surface area (Å²) in [4.78, 5) is 18.8. The van der Waals surface area contributed by atoms with Crippen molar-refractivity contribution in [1.82, 2.24) is 19.5 Å². The Morgan fingerprint density at radius 2 is 1.70 bits per heavy atom. The van der Waals surface area contributed by atoms with Crippen LogP contribution in [0.5, 0.6) is 5.75 Å². The van der Waals surface area contributed by atoms with Crippen molar-refractivity contribution in [2.45, 2.75) is 83.2 Å². The highest BCUT2D eigenvalue weighted by molar-refractivity contribution is 7.89. The molecule has 6 rings (SSSR count). The van der Waals surface area contributed by atoms with Gasteiger partial charge >= 0.3 is 0 Å². The van der Waals surface area contributed by atoms with Crippen molar-refractivity contribution >= 4 is 26.7 Å². The summed E-state index contributed by atoms with van der Waals surface area (Å²) in [5.41, 5.74) is 7.72. The molecule has 0 amide bonds. The van der Waals surface area contributed by atoms with Crippen molar-refractivity contribution in [1.29, 1.82) is 0 Å². The van der Waals surface area contributed by atoms with Crippen LogP contribution in [-0.2, 0) is 47.0 Å². The fraction of sp³-hybridized carbons (Fsp3) is 0.342. The van der Waals surface area contributed by atoms with Crippen LogP contribution in [0.15, 0.2) is 83.9 Å². The van der Waals surface area contributed by atoms with Gasteiger partial charge in [0.1, 0.15) is 11.8 Å². The van der Waals surface area contributed by atoms with Crippen LogP contribution in [0.3, 0.4) is 0 Å². The molecule has 3 aromatic carbocycles. The number of sulfonamides is 1. The molecule has 9 heteroatoms. The number of carbonyl (C=O) groups excluding carboxylic acids is 1. The fourth-order valence-corrected chi connectivity index (χ4v) is 8.31. The van der Waals surface area contributed by atoms with Crippen LogP contribution in [0.1, 0.15) is 58.5 Å². The largest absolute Gasteiger partial charge is 0.493 e. The zero-order valence-corrected chi connectivity index (χ0v) is 28.1. The number of hydrogen-bond donors (Lipinski definition) is 1. The van der Waals surface area contributed by atoms with Crippen LogP contribution in [0.4, 0.5) is 0 Å². The van der Waals surface area contributed by atoms with Gasteiger partial charge in [-0.1, -0.05) is 54.1 Å². The predicted octanol–water partition coefficient (Wildman–Crippen LogP) is 6.41. The summed E-state index contributed by atoms with van der Waals surface area (Å²) in [6, 6.07) is 22.4. The molecule has 0 bridgehead atoms. The summed E-state index contributed by atoms with van der Waals surface area (Å²) in [6.07, 6.45) is 7.77. The van der Waals surface area contributed by atoms with Gasteiger partial charge in [0.05, 0.1) is 29.8 Å². The number of carbonyl (C=O) groups is 1. The van der Waals surface area contributed by atoms with Crippen molar-refractivity contribution in [3.63, 3.8) is 0 Å². The number of pyridine rings is 1. The van der Waals surface area contributed by atoms with E-state index in [1.54, 1.807) is 24.7 Å². The monoisotopic (exact) mass is 650 g/mol. The summed E-state index contributed by atoms with van der Waals surface area (Å²) in [5, 5.41) is 5.40. The highest BCUT2D eigenvalue weighted by Crippen LogP contribution is 2.25. The molecule has 0 saturated carbocycles. The Balaban J connectivity index is 1.18. The first-order valence-electron chi connectivity index (χ1n) is 16.4. The van der Waals surface area contributed by atoms with Gasteiger partial charge < -0.3 is 4.74 Å². The number of aryl methyl sites for hydroxylation is 6. The lowest BCUT2D eigenvalue weighted by Crippen LogP contribution is -2.44. The lowest BCUT2D eigenvalue weighted by atomic mass is 9.96. The number of hydrogen-bond acceptors (Lipinski definition) is 6. The second-order valence-electron chi connectivity index (χ2n) is 12.6. The summed E-state index contributed by atoms with van der Waals surface area (Å²) < 4.78 is 38.1. The van der Waals surface area contributed by atoms with Crippen LogP contribution >= 0.6 is 0 Å². The van der Waals surface area contributed by atoms with Gasteiger partial charge in [0.15, 0.2) is 5.78 Å². The van der Waals surface area contributed by atoms with E-state index in [1.807, 2.05) is 67.6 Å². The number of nitrogens with zero attached hydrogens (tertiary/aromatic N) is 3. The first-order chi connectivity index (χ1) is 22.7. The average Bonchev–Trinajstić information content (AvgIpc) is 3.44. The Hall–Kier alpha value is -4.34. The van der Waals surface area contributed by atoms with Crippen LogP contribution in [0.2, 0.25) is 0 Å². The third-order valence-electron chi connectivity index (χ3n) is 8.89. The topological polar surface area (TPSA) is 103 Å². The van der Waals surface area contributed by atoms with Crippen molar-refractivity contribution in [2.24, 2.45) is 0 Å². The molecule has 0 spiro atoms. The quantitative estimate of drug-likeness (QED) is 0.158. The van der Waals surface area contributed by atoms with Crippen molar-refractivity contribution in [2.75, 3.05) is 6.61 Å². The lowest BCUT2D eigenvalue weighted by molar-refractivity contribution is -0.121. The van der Waals surface area contributed by atoms with E-state index in [0.717, 1.165) is 52.7 Å². The molecule has 0 fully saturated rings. The number of nitrogens with one attached hydrogen (secondary N) is 1.